The normalized spacial score (nSPS) is 14.4. The predicted molar refractivity (Wildman–Crippen MR) is 74.0 cm³/mol. The van der Waals surface area contributed by atoms with Crippen molar-refractivity contribution in [1.82, 2.24) is 0 Å². The van der Waals surface area contributed by atoms with Crippen molar-refractivity contribution in [3.05, 3.63) is 30.7 Å². The molecule has 0 spiro atoms. The molecule has 2 unspecified atom stereocenters. The minimum absolute atomic E-state index is 0.141. The maximum atomic E-state index is 5.73. The molecule has 0 amide bonds. The van der Waals surface area contributed by atoms with Gasteiger partial charge in [0.2, 0.25) is 0 Å². The molecule has 0 aromatic rings. The highest BCUT2D eigenvalue weighted by molar-refractivity contribution is 4.92. The molecule has 1 radical (unpaired) electrons. The zero-order chi connectivity index (χ0) is 13.3. The lowest BCUT2D eigenvalue weighted by atomic mass is 10.1. The Hall–Kier alpha value is -0.600. The molecule has 0 aliphatic carbocycles. The van der Waals surface area contributed by atoms with Crippen LogP contribution in [0.4, 0.5) is 0 Å². The van der Waals surface area contributed by atoms with Gasteiger partial charge in [-0.3, -0.25) is 0 Å². The van der Waals surface area contributed by atoms with Crippen LogP contribution in [0.2, 0.25) is 0 Å². The van der Waals surface area contributed by atoms with E-state index in [-0.39, 0.29) is 12.2 Å². The van der Waals surface area contributed by atoms with E-state index in [0.29, 0.717) is 13.2 Å². The van der Waals surface area contributed by atoms with Crippen molar-refractivity contribution < 1.29 is 9.47 Å². The van der Waals surface area contributed by atoms with E-state index < -0.39 is 0 Å². The first kappa shape index (κ1) is 16.4. The van der Waals surface area contributed by atoms with Crippen LogP contribution in [0.5, 0.6) is 0 Å². The third-order valence-electron chi connectivity index (χ3n) is 2.32. The van der Waals surface area contributed by atoms with E-state index >= 15 is 0 Å². The third kappa shape index (κ3) is 9.13. The van der Waals surface area contributed by atoms with Gasteiger partial charge >= 0.3 is 0 Å². The third-order valence-corrected chi connectivity index (χ3v) is 2.32. The molecule has 0 heterocycles. The largest absolute Gasteiger partial charge is 0.374 e. The van der Waals surface area contributed by atoms with Crippen molar-refractivity contribution in [3.63, 3.8) is 0 Å². The molecule has 0 saturated heterocycles. The molecule has 99 valence electrons. The topological polar surface area (TPSA) is 18.5 Å². The highest BCUT2D eigenvalue weighted by atomic mass is 16.5. The van der Waals surface area contributed by atoms with Gasteiger partial charge in [0, 0.05) is 6.42 Å². The lowest BCUT2D eigenvalue weighted by Gasteiger charge is -2.22. The summed E-state index contributed by atoms with van der Waals surface area (Å²) in [5.41, 5.74) is 2.10. The Bertz CT molecular complexity index is 209. The number of ether oxygens (including phenoxy) is 2. The number of rotatable bonds is 10. The highest BCUT2D eigenvalue weighted by Gasteiger charge is 2.15. The van der Waals surface area contributed by atoms with Gasteiger partial charge < -0.3 is 9.47 Å². The minimum Gasteiger partial charge on any atom is -0.374 e. The fourth-order valence-electron chi connectivity index (χ4n) is 1.36. The highest BCUT2D eigenvalue weighted by Crippen LogP contribution is 2.13. The first-order valence-corrected chi connectivity index (χ1v) is 6.36. The molecule has 0 N–H and O–H groups in total. The fraction of sp³-hybridized carbons (Fsp3) is 0.667. The van der Waals surface area contributed by atoms with Crippen LogP contribution < -0.4 is 0 Å². The molecule has 0 fully saturated rings. The summed E-state index contributed by atoms with van der Waals surface area (Å²) in [6.07, 6.45) is 4.34. The van der Waals surface area contributed by atoms with E-state index in [1.54, 1.807) is 0 Å². The maximum Gasteiger partial charge on any atom is 0.0675 e. The minimum atomic E-state index is 0.141. The Morgan fingerprint density at radius 1 is 0.941 bits per heavy atom. The predicted octanol–water partition coefficient (Wildman–Crippen LogP) is 3.93. The number of hydrogen-bond acceptors (Lipinski definition) is 2. The second kappa shape index (κ2) is 9.43. The zero-order valence-corrected chi connectivity index (χ0v) is 11.8. The molecule has 2 atom stereocenters. The Kier molecular flexibility index (Phi) is 9.10. The first-order chi connectivity index (χ1) is 7.99. The van der Waals surface area contributed by atoms with Gasteiger partial charge in [-0.05, 0) is 26.7 Å². The standard InChI is InChI=1S/C15H27O2/c1-7-14(16-10-12(3)4)9-15(8-2)17-11-13(5)6/h9,14-15H,3,5,7-8,10-11H2,1-2,4,6H3. The van der Waals surface area contributed by atoms with E-state index in [1.165, 1.54) is 0 Å². The molecule has 17 heavy (non-hydrogen) atoms. The second-order valence-electron chi connectivity index (χ2n) is 4.62. The lowest BCUT2D eigenvalue weighted by molar-refractivity contribution is 0.0356. The van der Waals surface area contributed by atoms with Crippen molar-refractivity contribution in [2.75, 3.05) is 13.2 Å². The Labute approximate surface area is 107 Å². The van der Waals surface area contributed by atoms with Gasteiger partial charge in [0.25, 0.3) is 0 Å². The molecule has 2 heteroatoms. The van der Waals surface area contributed by atoms with E-state index in [1.807, 2.05) is 13.8 Å². The van der Waals surface area contributed by atoms with E-state index in [9.17, 15) is 0 Å². The molecule has 0 aliphatic heterocycles. The summed E-state index contributed by atoms with van der Waals surface area (Å²) in [6.45, 7) is 17.1. The molecule has 0 aliphatic rings. The van der Waals surface area contributed by atoms with Gasteiger partial charge in [0.1, 0.15) is 0 Å². The van der Waals surface area contributed by atoms with Crippen LogP contribution >= 0.6 is 0 Å². The summed E-state index contributed by atoms with van der Waals surface area (Å²) in [4.78, 5) is 0. The fourth-order valence-corrected chi connectivity index (χ4v) is 1.36. The van der Waals surface area contributed by atoms with E-state index in [0.717, 1.165) is 24.0 Å². The van der Waals surface area contributed by atoms with Crippen molar-refractivity contribution >= 4 is 0 Å². The number of hydrogen-bond donors (Lipinski definition) is 0. The van der Waals surface area contributed by atoms with E-state index in [4.69, 9.17) is 9.47 Å². The average Bonchev–Trinajstić information content (AvgIpc) is 2.27. The second-order valence-corrected chi connectivity index (χ2v) is 4.62. The summed E-state index contributed by atoms with van der Waals surface area (Å²) >= 11 is 0. The van der Waals surface area contributed by atoms with Crippen LogP contribution in [0.15, 0.2) is 24.3 Å². The summed E-state index contributed by atoms with van der Waals surface area (Å²) in [5, 5.41) is 0. The van der Waals surface area contributed by atoms with Crippen molar-refractivity contribution in [2.24, 2.45) is 0 Å². The SMILES string of the molecule is C=C(C)COC([CH]C(CC)OCC(=C)C)CC. The van der Waals surface area contributed by atoms with E-state index in [2.05, 4.69) is 33.4 Å². The Morgan fingerprint density at radius 3 is 1.53 bits per heavy atom. The van der Waals surface area contributed by atoms with Crippen LogP contribution in [0, 0.1) is 6.42 Å². The van der Waals surface area contributed by atoms with Gasteiger partial charge in [-0.2, -0.15) is 0 Å². The van der Waals surface area contributed by atoms with Gasteiger partial charge in [-0.25, -0.2) is 0 Å². The molecule has 2 nitrogen and oxygen atoms in total. The molecule has 0 bridgehead atoms. The summed E-state index contributed by atoms with van der Waals surface area (Å²) in [7, 11) is 0. The average molecular weight is 239 g/mol. The van der Waals surface area contributed by atoms with Crippen molar-refractivity contribution in [2.45, 2.75) is 52.7 Å². The summed E-state index contributed by atoms with van der Waals surface area (Å²) < 4.78 is 11.5. The molecular weight excluding hydrogens is 212 g/mol. The lowest BCUT2D eigenvalue weighted by Crippen LogP contribution is -2.24. The van der Waals surface area contributed by atoms with Gasteiger partial charge in [-0.1, -0.05) is 38.2 Å². The van der Waals surface area contributed by atoms with Crippen LogP contribution in [-0.4, -0.2) is 25.4 Å². The van der Waals surface area contributed by atoms with Gasteiger partial charge in [0.05, 0.1) is 25.4 Å². The Morgan fingerprint density at radius 2 is 1.29 bits per heavy atom. The monoisotopic (exact) mass is 239 g/mol. The summed E-state index contributed by atoms with van der Waals surface area (Å²) in [6, 6.07) is 0. The maximum absolute atomic E-state index is 5.73. The van der Waals surface area contributed by atoms with Gasteiger partial charge in [-0.15, -0.1) is 0 Å². The molecule has 0 saturated carbocycles. The quantitative estimate of drug-likeness (QED) is 0.538. The van der Waals surface area contributed by atoms with Crippen LogP contribution in [0.1, 0.15) is 40.5 Å². The van der Waals surface area contributed by atoms with Crippen LogP contribution in [0.25, 0.3) is 0 Å². The smallest absolute Gasteiger partial charge is 0.0675 e. The van der Waals surface area contributed by atoms with Crippen molar-refractivity contribution in [1.29, 1.82) is 0 Å². The van der Waals surface area contributed by atoms with Crippen LogP contribution in [0.3, 0.4) is 0 Å². The zero-order valence-electron chi connectivity index (χ0n) is 11.8. The molecule has 0 aromatic heterocycles. The molecule has 0 aromatic carbocycles. The first-order valence-electron chi connectivity index (χ1n) is 6.36. The van der Waals surface area contributed by atoms with Gasteiger partial charge in [0.15, 0.2) is 0 Å². The Balaban J connectivity index is 4.02. The molecular formula is C15H27O2. The molecule has 0 rings (SSSR count). The summed E-state index contributed by atoms with van der Waals surface area (Å²) in [5.74, 6) is 0. The van der Waals surface area contributed by atoms with Crippen molar-refractivity contribution in [3.8, 4) is 0 Å². The van der Waals surface area contributed by atoms with Crippen LogP contribution in [-0.2, 0) is 9.47 Å².